The van der Waals surface area contributed by atoms with Crippen LogP contribution in [0.15, 0.2) is 12.1 Å². The summed E-state index contributed by atoms with van der Waals surface area (Å²) in [6, 6.07) is 4.67. The Morgan fingerprint density at radius 3 is 2.52 bits per heavy atom. The van der Waals surface area contributed by atoms with Crippen LogP contribution >= 0.6 is 15.9 Å². The first-order chi connectivity index (χ1) is 14.8. The Kier molecular flexibility index (Phi) is 9.74. The van der Waals surface area contributed by atoms with Gasteiger partial charge in [0.15, 0.2) is 0 Å². The molecule has 0 atom stereocenters. The van der Waals surface area contributed by atoms with Gasteiger partial charge in [0.25, 0.3) is 11.6 Å². The van der Waals surface area contributed by atoms with E-state index in [9.17, 15) is 20.2 Å². The van der Waals surface area contributed by atoms with Crippen LogP contribution in [0.4, 0.5) is 11.4 Å². The number of benzene rings is 1. The number of amides is 1. The first-order valence-electron chi connectivity index (χ1n) is 10.2. The second kappa shape index (κ2) is 12.0. The number of nitrogens with zero attached hydrogens (tertiary/aromatic N) is 6. The maximum absolute atomic E-state index is 13.1. The summed E-state index contributed by atoms with van der Waals surface area (Å²) in [6.45, 7) is 6.00. The van der Waals surface area contributed by atoms with Crippen molar-refractivity contribution in [3.8, 4) is 6.07 Å². The molecule has 0 spiro atoms. The van der Waals surface area contributed by atoms with Crippen molar-refractivity contribution in [3.63, 3.8) is 0 Å². The van der Waals surface area contributed by atoms with Crippen LogP contribution in [0, 0.1) is 21.4 Å². The van der Waals surface area contributed by atoms with Crippen LogP contribution in [-0.2, 0) is 0 Å². The SMILES string of the molecule is [B]CCN(CCBr)c1cc(C(=O)N(C)CCN2CCN(C)CC2)c([N+](=O)[O-])cc1C#N. The molecule has 1 aromatic carbocycles. The first kappa shape index (κ1) is 25.1. The Balaban J connectivity index is 2.29. The van der Waals surface area contributed by atoms with Crippen LogP contribution in [0.3, 0.4) is 0 Å². The second-order valence-corrected chi connectivity index (χ2v) is 8.38. The summed E-state index contributed by atoms with van der Waals surface area (Å²) in [5.74, 6) is -0.432. The van der Waals surface area contributed by atoms with Crippen molar-refractivity contribution in [2.45, 2.75) is 6.32 Å². The van der Waals surface area contributed by atoms with Gasteiger partial charge >= 0.3 is 0 Å². The zero-order valence-corrected chi connectivity index (χ0v) is 19.7. The molecule has 1 heterocycles. The molecule has 31 heavy (non-hydrogen) atoms. The number of nitro benzene ring substituents is 1. The zero-order valence-electron chi connectivity index (χ0n) is 18.1. The Labute approximate surface area is 193 Å². The van der Waals surface area contributed by atoms with Gasteiger partial charge in [0.1, 0.15) is 11.6 Å². The zero-order chi connectivity index (χ0) is 23.0. The number of rotatable bonds is 10. The van der Waals surface area contributed by atoms with Crippen molar-refractivity contribution in [3.05, 3.63) is 33.4 Å². The molecule has 1 fully saturated rings. The van der Waals surface area contributed by atoms with Gasteiger partial charge in [0, 0.05) is 70.8 Å². The standard InChI is InChI=1S/C20H28BBrN6O3/c1-24-7-10-26(11-8-24)12-9-25(2)20(29)17-14-18(27(5-3-21)6-4-22)16(15-23)13-19(17)28(30)31/h13-14H,3-12H2,1-2H3. The lowest BCUT2D eigenvalue weighted by Crippen LogP contribution is -2.47. The first-order valence-corrected chi connectivity index (χ1v) is 11.3. The number of anilines is 1. The molecule has 9 nitrogen and oxygen atoms in total. The minimum Gasteiger partial charge on any atom is -0.370 e. The van der Waals surface area contributed by atoms with Crippen LogP contribution in [0.5, 0.6) is 0 Å². The molecule has 2 rings (SSSR count). The second-order valence-electron chi connectivity index (χ2n) is 7.59. The van der Waals surface area contributed by atoms with E-state index < -0.39 is 10.8 Å². The van der Waals surface area contributed by atoms with Crippen molar-refractivity contribution in [2.75, 3.05) is 76.7 Å². The largest absolute Gasteiger partial charge is 0.370 e. The molecule has 166 valence electrons. The van der Waals surface area contributed by atoms with Crippen molar-refractivity contribution in [1.29, 1.82) is 5.26 Å². The van der Waals surface area contributed by atoms with Crippen molar-refractivity contribution in [1.82, 2.24) is 14.7 Å². The third kappa shape index (κ3) is 6.66. The third-order valence-corrected chi connectivity index (χ3v) is 5.80. The highest BCUT2D eigenvalue weighted by Gasteiger charge is 2.27. The Hall–Kier alpha value is -2.16. The van der Waals surface area contributed by atoms with Gasteiger partial charge in [-0.2, -0.15) is 5.26 Å². The number of carbonyl (C=O) groups is 1. The van der Waals surface area contributed by atoms with E-state index in [0.717, 1.165) is 26.2 Å². The normalized spacial score (nSPS) is 14.8. The maximum Gasteiger partial charge on any atom is 0.283 e. The van der Waals surface area contributed by atoms with E-state index in [2.05, 4.69) is 32.8 Å². The number of carbonyl (C=O) groups excluding carboxylic acids is 1. The monoisotopic (exact) mass is 490 g/mol. The quantitative estimate of drug-likeness (QED) is 0.212. The van der Waals surface area contributed by atoms with E-state index in [1.54, 1.807) is 7.05 Å². The summed E-state index contributed by atoms with van der Waals surface area (Å²) in [5, 5.41) is 21.8. The molecule has 1 aliphatic rings. The molecule has 1 aliphatic heterocycles. The van der Waals surface area contributed by atoms with Crippen molar-refractivity contribution >= 4 is 41.1 Å². The number of hydrogen-bond donors (Lipinski definition) is 0. The number of nitro groups is 1. The minimum absolute atomic E-state index is 0.0172. The van der Waals surface area contributed by atoms with Crippen LogP contribution in [0.25, 0.3) is 0 Å². The molecule has 0 N–H and O–H groups in total. The van der Waals surface area contributed by atoms with Crippen molar-refractivity contribution < 1.29 is 9.72 Å². The van der Waals surface area contributed by atoms with E-state index in [1.807, 2.05) is 11.0 Å². The fourth-order valence-electron chi connectivity index (χ4n) is 3.53. The highest BCUT2D eigenvalue weighted by Crippen LogP contribution is 2.30. The van der Waals surface area contributed by atoms with Gasteiger partial charge in [-0.3, -0.25) is 19.8 Å². The van der Waals surface area contributed by atoms with Gasteiger partial charge < -0.3 is 14.7 Å². The molecule has 2 radical (unpaired) electrons. The third-order valence-electron chi connectivity index (χ3n) is 5.45. The number of likely N-dealkylation sites (N-methyl/N-ethyl adjacent to an activating group) is 2. The van der Waals surface area contributed by atoms with E-state index in [0.29, 0.717) is 43.5 Å². The summed E-state index contributed by atoms with van der Waals surface area (Å²) in [7, 11) is 9.43. The Bertz CT molecular complexity index is 820. The number of piperazine rings is 1. The predicted octanol–water partition coefficient (Wildman–Crippen LogP) is 1.57. The smallest absolute Gasteiger partial charge is 0.283 e. The summed E-state index contributed by atoms with van der Waals surface area (Å²) < 4.78 is 0. The molecule has 11 heteroatoms. The predicted molar refractivity (Wildman–Crippen MR) is 125 cm³/mol. The topological polar surface area (TPSA) is 97.0 Å². The van der Waals surface area contributed by atoms with Crippen LogP contribution in [-0.4, -0.2) is 105 Å². The highest BCUT2D eigenvalue weighted by molar-refractivity contribution is 9.09. The maximum atomic E-state index is 13.1. The number of hydrogen-bond acceptors (Lipinski definition) is 7. The van der Waals surface area contributed by atoms with E-state index in [-0.39, 0.29) is 16.8 Å². The van der Waals surface area contributed by atoms with E-state index >= 15 is 0 Å². The van der Waals surface area contributed by atoms with Crippen LogP contribution in [0.1, 0.15) is 15.9 Å². The molecule has 1 aromatic rings. The molecule has 1 saturated heterocycles. The van der Waals surface area contributed by atoms with Gasteiger partial charge in [0.05, 0.1) is 24.0 Å². The Morgan fingerprint density at radius 1 is 1.29 bits per heavy atom. The molecule has 1 amide bonds. The summed E-state index contributed by atoms with van der Waals surface area (Å²) in [4.78, 5) is 32.1. The molecule has 0 aromatic heterocycles. The number of halogens is 1. The molecular formula is C20H28BBrN6O3. The molecular weight excluding hydrogens is 463 g/mol. The summed E-state index contributed by atoms with van der Waals surface area (Å²) in [5.41, 5.74) is 0.256. The van der Waals surface area contributed by atoms with E-state index in [4.69, 9.17) is 7.85 Å². The lowest BCUT2D eigenvalue weighted by Gasteiger charge is -2.33. The van der Waals surface area contributed by atoms with Gasteiger partial charge in [-0.25, -0.2) is 0 Å². The highest BCUT2D eigenvalue weighted by atomic mass is 79.9. The fraction of sp³-hybridized carbons (Fsp3) is 0.600. The summed E-state index contributed by atoms with van der Waals surface area (Å²) >= 11 is 3.38. The minimum atomic E-state index is -0.607. The van der Waals surface area contributed by atoms with E-state index in [1.165, 1.54) is 17.0 Å². The van der Waals surface area contributed by atoms with Crippen LogP contribution in [0.2, 0.25) is 6.32 Å². The van der Waals surface area contributed by atoms with Gasteiger partial charge in [-0.1, -0.05) is 22.3 Å². The van der Waals surface area contributed by atoms with Gasteiger partial charge in [0.2, 0.25) is 0 Å². The van der Waals surface area contributed by atoms with Crippen LogP contribution < -0.4 is 4.90 Å². The molecule has 0 bridgehead atoms. The Morgan fingerprint density at radius 2 is 1.97 bits per heavy atom. The molecule has 0 aliphatic carbocycles. The summed E-state index contributed by atoms with van der Waals surface area (Å²) in [6.07, 6.45) is 0.350. The van der Waals surface area contributed by atoms with Gasteiger partial charge in [-0.15, -0.1) is 0 Å². The lowest BCUT2D eigenvalue weighted by molar-refractivity contribution is -0.385. The lowest BCUT2D eigenvalue weighted by atomic mass is 10.0. The van der Waals surface area contributed by atoms with Gasteiger partial charge in [-0.05, 0) is 13.1 Å². The fourth-order valence-corrected chi connectivity index (χ4v) is 3.96. The average molecular weight is 491 g/mol. The van der Waals surface area contributed by atoms with Crippen molar-refractivity contribution in [2.24, 2.45) is 0 Å². The molecule has 0 saturated carbocycles. The molecule has 0 unspecified atom stereocenters. The average Bonchev–Trinajstić information content (AvgIpc) is 2.76. The number of nitriles is 1. The number of alkyl halides is 1.